The molecule has 0 radical (unpaired) electrons. The fourth-order valence-electron chi connectivity index (χ4n) is 1.67. The Balaban J connectivity index is 2.54. The van der Waals surface area contributed by atoms with Gasteiger partial charge in [0.25, 0.3) is 10.0 Å². The number of carboxylic acid groups (broad SMARTS) is 1. The van der Waals surface area contributed by atoms with Crippen LogP contribution < -0.4 is 0 Å². The molecule has 0 spiro atoms. The van der Waals surface area contributed by atoms with E-state index >= 15 is 0 Å². The number of carboxylic acids is 1. The maximum atomic E-state index is 13.9. The average Bonchev–Trinajstić information content (AvgIpc) is 2.91. The number of rotatable bonds is 4. The van der Waals surface area contributed by atoms with Crippen LogP contribution in [0.1, 0.15) is 17.3 Å². The van der Waals surface area contributed by atoms with Crippen LogP contribution in [0.4, 0.5) is 8.78 Å². The first-order valence-corrected chi connectivity index (χ1v) is 7.38. The number of halogens is 2. The van der Waals surface area contributed by atoms with E-state index in [1.807, 2.05) is 0 Å². The van der Waals surface area contributed by atoms with Crippen molar-refractivity contribution < 1.29 is 27.1 Å². The van der Waals surface area contributed by atoms with Crippen molar-refractivity contribution in [3.63, 3.8) is 0 Å². The van der Waals surface area contributed by atoms with Crippen molar-refractivity contribution in [3.05, 3.63) is 41.7 Å². The maximum absolute atomic E-state index is 13.9. The van der Waals surface area contributed by atoms with Gasteiger partial charge in [-0.15, -0.1) is 0 Å². The van der Waals surface area contributed by atoms with Gasteiger partial charge < -0.3 is 5.11 Å². The van der Waals surface area contributed by atoms with Crippen LogP contribution in [-0.4, -0.2) is 34.4 Å². The van der Waals surface area contributed by atoms with E-state index in [0.29, 0.717) is 4.09 Å². The number of benzene rings is 1. The molecule has 9 heteroatoms. The Hall–Kier alpha value is -2.29. The quantitative estimate of drug-likeness (QED) is 0.927. The summed E-state index contributed by atoms with van der Waals surface area (Å²) in [6, 6.07) is 1.96. The molecule has 2 rings (SSSR count). The Morgan fingerprint density at radius 3 is 2.57 bits per heavy atom. The van der Waals surface area contributed by atoms with E-state index < -0.39 is 33.2 Å². The third kappa shape index (κ3) is 2.64. The number of hydrogen-bond donors (Lipinski definition) is 1. The Morgan fingerprint density at radius 1 is 1.33 bits per heavy atom. The summed E-state index contributed by atoms with van der Waals surface area (Å²) in [6.45, 7) is 1.42. The molecule has 0 saturated heterocycles. The first-order valence-electron chi connectivity index (χ1n) is 5.77. The van der Waals surface area contributed by atoms with Gasteiger partial charge in [0.05, 0.1) is 23.7 Å². The first kappa shape index (κ1) is 15.1. The van der Waals surface area contributed by atoms with Crippen molar-refractivity contribution in [1.82, 2.24) is 9.19 Å². The van der Waals surface area contributed by atoms with Crippen LogP contribution in [0.3, 0.4) is 0 Å². The van der Waals surface area contributed by atoms with Gasteiger partial charge in [0, 0.05) is 11.1 Å². The molecule has 0 amide bonds. The SMILES string of the molecule is CCS(=O)(=O)n1cc(-c2ccc(C(=O)O)c(F)c2F)cn1. The predicted molar refractivity (Wildman–Crippen MR) is 69.4 cm³/mol. The molecule has 0 bridgehead atoms. The molecule has 21 heavy (non-hydrogen) atoms. The van der Waals surface area contributed by atoms with Crippen LogP contribution in [0.25, 0.3) is 11.1 Å². The van der Waals surface area contributed by atoms with Gasteiger partial charge in [0.1, 0.15) is 0 Å². The Morgan fingerprint density at radius 2 is 2.00 bits per heavy atom. The molecule has 2 aromatic rings. The van der Waals surface area contributed by atoms with E-state index in [9.17, 15) is 22.0 Å². The van der Waals surface area contributed by atoms with Crippen LogP contribution in [0.2, 0.25) is 0 Å². The van der Waals surface area contributed by atoms with E-state index in [0.717, 1.165) is 24.5 Å². The zero-order valence-corrected chi connectivity index (χ0v) is 11.6. The van der Waals surface area contributed by atoms with Gasteiger partial charge in [-0.2, -0.15) is 9.19 Å². The van der Waals surface area contributed by atoms with Crippen LogP contribution in [0, 0.1) is 11.6 Å². The molecular formula is C12H10F2N2O4S. The van der Waals surface area contributed by atoms with Gasteiger partial charge in [-0.3, -0.25) is 0 Å². The summed E-state index contributed by atoms with van der Waals surface area (Å²) in [4.78, 5) is 10.7. The lowest BCUT2D eigenvalue weighted by molar-refractivity contribution is 0.0690. The molecule has 1 aromatic carbocycles. The van der Waals surface area contributed by atoms with Gasteiger partial charge in [-0.25, -0.2) is 22.0 Å². The lowest BCUT2D eigenvalue weighted by Crippen LogP contribution is -2.14. The van der Waals surface area contributed by atoms with E-state index in [-0.39, 0.29) is 16.9 Å². The summed E-state index contributed by atoms with van der Waals surface area (Å²) in [5.41, 5.74) is -1.04. The molecule has 0 fully saturated rings. The summed E-state index contributed by atoms with van der Waals surface area (Å²) in [5.74, 6) is -4.68. The molecule has 1 heterocycles. The van der Waals surface area contributed by atoms with Crippen molar-refractivity contribution in [2.45, 2.75) is 6.92 Å². The molecule has 0 saturated carbocycles. The molecule has 0 aliphatic carbocycles. The minimum atomic E-state index is -3.63. The number of aromatic nitrogens is 2. The van der Waals surface area contributed by atoms with Crippen molar-refractivity contribution in [3.8, 4) is 11.1 Å². The standard InChI is InChI=1S/C12H10F2N2O4S/c1-2-21(19,20)16-6-7(5-15-16)8-3-4-9(12(17)18)11(14)10(8)13/h3-6H,2H2,1H3,(H,17,18). The van der Waals surface area contributed by atoms with E-state index in [1.54, 1.807) is 0 Å². The average molecular weight is 316 g/mol. The minimum Gasteiger partial charge on any atom is -0.478 e. The van der Waals surface area contributed by atoms with Gasteiger partial charge in [-0.05, 0) is 13.0 Å². The van der Waals surface area contributed by atoms with E-state index in [4.69, 9.17) is 5.11 Å². The fraction of sp³-hybridized carbons (Fsp3) is 0.167. The molecule has 1 aromatic heterocycles. The zero-order chi connectivity index (χ0) is 15.8. The number of hydrogen-bond acceptors (Lipinski definition) is 4. The lowest BCUT2D eigenvalue weighted by Gasteiger charge is -2.04. The van der Waals surface area contributed by atoms with Crippen LogP contribution in [-0.2, 0) is 10.0 Å². The maximum Gasteiger partial charge on any atom is 0.338 e. The predicted octanol–water partition coefficient (Wildman–Crippen LogP) is 1.72. The normalized spacial score (nSPS) is 11.6. The second-order valence-electron chi connectivity index (χ2n) is 4.10. The Bertz CT molecular complexity index is 815. The number of carbonyl (C=O) groups is 1. The number of aromatic carboxylic acids is 1. The monoisotopic (exact) mass is 316 g/mol. The van der Waals surface area contributed by atoms with Crippen molar-refractivity contribution in [2.24, 2.45) is 0 Å². The largest absolute Gasteiger partial charge is 0.478 e. The number of nitrogens with zero attached hydrogens (tertiary/aromatic N) is 2. The molecule has 0 unspecified atom stereocenters. The molecule has 112 valence electrons. The highest BCUT2D eigenvalue weighted by Gasteiger charge is 2.20. The van der Waals surface area contributed by atoms with E-state index in [1.165, 1.54) is 6.92 Å². The molecule has 1 N–H and O–H groups in total. The lowest BCUT2D eigenvalue weighted by atomic mass is 10.1. The van der Waals surface area contributed by atoms with Crippen LogP contribution in [0.15, 0.2) is 24.5 Å². The molecular weight excluding hydrogens is 306 g/mol. The van der Waals surface area contributed by atoms with E-state index in [2.05, 4.69) is 5.10 Å². The summed E-state index contributed by atoms with van der Waals surface area (Å²) >= 11 is 0. The second kappa shape index (κ2) is 5.24. The van der Waals surface area contributed by atoms with Crippen molar-refractivity contribution in [1.29, 1.82) is 0 Å². The Labute approximate surface area is 118 Å². The molecule has 6 nitrogen and oxygen atoms in total. The van der Waals surface area contributed by atoms with Crippen LogP contribution in [0.5, 0.6) is 0 Å². The molecule has 0 atom stereocenters. The minimum absolute atomic E-state index is 0.0281. The second-order valence-corrected chi connectivity index (χ2v) is 6.21. The highest BCUT2D eigenvalue weighted by atomic mass is 32.2. The Kier molecular flexibility index (Phi) is 3.77. The van der Waals surface area contributed by atoms with Gasteiger partial charge >= 0.3 is 5.97 Å². The van der Waals surface area contributed by atoms with Crippen molar-refractivity contribution >= 4 is 16.0 Å². The first-order chi connectivity index (χ1) is 9.77. The highest BCUT2D eigenvalue weighted by Crippen LogP contribution is 2.26. The summed E-state index contributed by atoms with van der Waals surface area (Å²) < 4.78 is 51.3. The third-order valence-electron chi connectivity index (χ3n) is 2.83. The van der Waals surface area contributed by atoms with Gasteiger partial charge in [0.2, 0.25) is 0 Å². The fourth-order valence-corrected chi connectivity index (χ4v) is 2.40. The van der Waals surface area contributed by atoms with Crippen molar-refractivity contribution in [2.75, 3.05) is 5.75 Å². The van der Waals surface area contributed by atoms with Crippen LogP contribution >= 0.6 is 0 Å². The zero-order valence-electron chi connectivity index (χ0n) is 10.7. The highest BCUT2D eigenvalue weighted by molar-refractivity contribution is 7.89. The topological polar surface area (TPSA) is 89.3 Å². The summed E-state index contributed by atoms with van der Waals surface area (Å²) in [6.07, 6.45) is 2.10. The summed E-state index contributed by atoms with van der Waals surface area (Å²) in [5, 5.41) is 12.3. The third-order valence-corrected chi connectivity index (χ3v) is 4.33. The molecule has 0 aliphatic heterocycles. The smallest absolute Gasteiger partial charge is 0.338 e. The summed E-state index contributed by atoms with van der Waals surface area (Å²) in [7, 11) is -3.63. The van der Waals surface area contributed by atoms with Gasteiger partial charge in [0.15, 0.2) is 11.6 Å². The molecule has 0 aliphatic rings. The van der Waals surface area contributed by atoms with Gasteiger partial charge in [-0.1, -0.05) is 6.07 Å².